The lowest BCUT2D eigenvalue weighted by atomic mass is 9.96. The molecule has 1 aliphatic heterocycles. The van der Waals surface area contributed by atoms with E-state index in [4.69, 9.17) is 0 Å². The average Bonchev–Trinajstić information content (AvgIpc) is 2.40. The number of carbonyl (C=O) groups is 2. The van der Waals surface area contributed by atoms with Crippen LogP contribution in [0, 0.1) is 6.92 Å². The predicted molar refractivity (Wildman–Crippen MR) is 70.0 cm³/mol. The van der Waals surface area contributed by atoms with E-state index in [9.17, 15) is 9.59 Å². The third kappa shape index (κ3) is 1.85. The van der Waals surface area contributed by atoms with Gasteiger partial charge in [-0.25, -0.2) is 0 Å². The molecule has 1 aromatic heterocycles. The Morgan fingerprint density at radius 2 is 2.00 bits per heavy atom. The molecule has 98 valence electrons. The van der Waals surface area contributed by atoms with Crippen LogP contribution in [0.2, 0.25) is 0 Å². The summed E-state index contributed by atoms with van der Waals surface area (Å²) in [6, 6.07) is 0. The molecule has 0 atom stereocenters. The SMILES string of the molecule is CC(=O)c1c2c(c(C)n1C)C(=O)NC(C)(C)CC2. The zero-order chi connectivity index (χ0) is 13.7. The van der Waals surface area contributed by atoms with Crippen LogP contribution in [0.25, 0.3) is 0 Å². The molecule has 2 heterocycles. The van der Waals surface area contributed by atoms with Crippen molar-refractivity contribution in [3.8, 4) is 0 Å². The van der Waals surface area contributed by atoms with Crippen LogP contribution in [0.3, 0.4) is 0 Å². The summed E-state index contributed by atoms with van der Waals surface area (Å²) < 4.78 is 1.84. The Labute approximate surface area is 107 Å². The van der Waals surface area contributed by atoms with Gasteiger partial charge in [-0.1, -0.05) is 0 Å². The maximum atomic E-state index is 12.3. The average molecular weight is 248 g/mol. The molecule has 0 saturated heterocycles. The number of amides is 1. The molecule has 0 bridgehead atoms. The van der Waals surface area contributed by atoms with Gasteiger partial charge < -0.3 is 9.88 Å². The number of fused-ring (bicyclic) bond motifs is 1. The van der Waals surface area contributed by atoms with Crippen LogP contribution in [0.15, 0.2) is 0 Å². The summed E-state index contributed by atoms with van der Waals surface area (Å²) in [7, 11) is 1.85. The Hall–Kier alpha value is -1.58. The highest BCUT2D eigenvalue weighted by molar-refractivity contribution is 6.03. The van der Waals surface area contributed by atoms with Gasteiger partial charge in [0.1, 0.15) is 0 Å². The van der Waals surface area contributed by atoms with Crippen molar-refractivity contribution in [1.29, 1.82) is 0 Å². The maximum absolute atomic E-state index is 12.3. The monoisotopic (exact) mass is 248 g/mol. The van der Waals surface area contributed by atoms with Crippen molar-refractivity contribution in [3.05, 3.63) is 22.5 Å². The largest absolute Gasteiger partial charge is 0.347 e. The van der Waals surface area contributed by atoms with Crippen LogP contribution >= 0.6 is 0 Å². The Bertz CT molecular complexity index is 538. The first-order valence-corrected chi connectivity index (χ1v) is 6.26. The van der Waals surface area contributed by atoms with E-state index >= 15 is 0 Å². The van der Waals surface area contributed by atoms with Gasteiger partial charge in [-0.15, -0.1) is 0 Å². The lowest BCUT2D eigenvalue weighted by molar-refractivity contribution is 0.0914. The lowest BCUT2D eigenvalue weighted by Gasteiger charge is -2.23. The number of nitrogens with zero attached hydrogens (tertiary/aromatic N) is 1. The molecule has 18 heavy (non-hydrogen) atoms. The van der Waals surface area contributed by atoms with Crippen molar-refractivity contribution >= 4 is 11.7 Å². The topological polar surface area (TPSA) is 51.1 Å². The molecule has 0 unspecified atom stereocenters. The fourth-order valence-corrected chi connectivity index (χ4v) is 2.74. The fraction of sp³-hybridized carbons (Fsp3) is 0.571. The molecule has 0 radical (unpaired) electrons. The van der Waals surface area contributed by atoms with E-state index in [1.165, 1.54) is 0 Å². The lowest BCUT2D eigenvalue weighted by Crippen LogP contribution is -2.42. The van der Waals surface area contributed by atoms with Gasteiger partial charge in [-0.05, 0) is 39.2 Å². The number of aromatic nitrogens is 1. The Morgan fingerprint density at radius 1 is 1.39 bits per heavy atom. The van der Waals surface area contributed by atoms with E-state index in [0.717, 1.165) is 24.1 Å². The molecule has 0 aromatic carbocycles. The molecular weight excluding hydrogens is 228 g/mol. The van der Waals surface area contributed by atoms with Gasteiger partial charge in [0.15, 0.2) is 5.78 Å². The number of ketones is 1. The highest BCUT2D eigenvalue weighted by Crippen LogP contribution is 2.29. The summed E-state index contributed by atoms with van der Waals surface area (Å²) in [5.41, 5.74) is 2.92. The summed E-state index contributed by atoms with van der Waals surface area (Å²) in [6.07, 6.45) is 1.60. The van der Waals surface area contributed by atoms with Crippen molar-refractivity contribution < 1.29 is 9.59 Å². The van der Waals surface area contributed by atoms with E-state index < -0.39 is 0 Å². The van der Waals surface area contributed by atoms with Crippen molar-refractivity contribution in [2.24, 2.45) is 7.05 Å². The molecule has 1 aliphatic rings. The number of nitrogens with one attached hydrogen (secondary N) is 1. The van der Waals surface area contributed by atoms with Gasteiger partial charge in [0.2, 0.25) is 0 Å². The van der Waals surface area contributed by atoms with Gasteiger partial charge >= 0.3 is 0 Å². The molecule has 4 heteroatoms. The normalized spacial score (nSPS) is 17.9. The second-order valence-electron chi connectivity index (χ2n) is 5.74. The number of Topliss-reactive ketones (excluding diaryl/α,β-unsaturated/α-hetero) is 1. The first kappa shape index (κ1) is 12.9. The van der Waals surface area contributed by atoms with Crippen LogP contribution in [0.1, 0.15) is 59.3 Å². The molecule has 0 fully saturated rings. The smallest absolute Gasteiger partial charge is 0.253 e. The number of hydrogen-bond donors (Lipinski definition) is 1. The van der Waals surface area contributed by atoms with Gasteiger partial charge in [-0.2, -0.15) is 0 Å². The van der Waals surface area contributed by atoms with E-state index in [1.54, 1.807) is 6.92 Å². The third-order valence-corrected chi connectivity index (χ3v) is 3.80. The Balaban J connectivity index is 2.65. The van der Waals surface area contributed by atoms with Gasteiger partial charge in [0.25, 0.3) is 5.91 Å². The van der Waals surface area contributed by atoms with E-state index in [2.05, 4.69) is 5.32 Å². The highest BCUT2D eigenvalue weighted by Gasteiger charge is 2.32. The van der Waals surface area contributed by atoms with Crippen LogP contribution in [0.4, 0.5) is 0 Å². The minimum absolute atomic E-state index is 0.0226. The van der Waals surface area contributed by atoms with Gasteiger partial charge in [0, 0.05) is 25.2 Å². The molecule has 2 rings (SSSR count). The van der Waals surface area contributed by atoms with E-state index in [-0.39, 0.29) is 17.2 Å². The minimum atomic E-state index is -0.220. The summed E-state index contributed by atoms with van der Waals surface area (Å²) >= 11 is 0. The van der Waals surface area contributed by atoms with Crippen molar-refractivity contribution in [2.75, 3.05) is 0 Å². The van der Waals surface area contributed by atoms with Crippen molar-refractivity contribution in [3.63, 3.8) is 0 Å². The van der Waals surface area contributed by atoms with Gasteiger partial charge in [-0.3, -0.25) is 9.59 Å². The molecule has 1 N–H and O–H groups in total. The first-order chi connectivity index (χ1) is 8.24. The predicted octanol–water partition coefficient (Wildman–Crippen LogP) is 1.99. The third-order valence-electron chi connectivity index (χ3n) is 3.80. The van der Waals surface area contributed by atoms with Crippen LogP contribution in [0.5, 0.6) is 0 Å². The van der Waals surface area contributed by atoms with E-state index in [1.807, 2.05) is 32.4 Å². The highest BCUT2D eigenvalue weighted by atomic mass is 16.2. The zero-order valence-corrected chi connectivity index (χ0v) is 11.7. The molecular formula is C14H20N2O2. The molecule has 1 aromatic rings. The quantitative estimate of drug-likeness (QED) is 0.773. The number of rotatable bonds is 1. The Kier molecular flexibility index (Phi) is 2.84. The second-order valence-corrected chi connectivity index (χ2v) is 5.74. The van der Waals surface area contributed by atoms with Gasteiger partial charge in [0.05, 0.1) is 11.3 Å². The summed E-state index contributed by atoms with van der Waals surface area (Å²) in [6.45, 7) is 7.48. The summed E-state index contributed by atoms with van der Waals surface area (Å²) in [4.78, 5) is 24.1. The van der Waals surface area contributed by atoms with Crippen molar-refractivity contribution in [2.45, 2.75) is 46.1 Å². The van der Waals surface area contributed by atoms with Crippen LogP contribution in [-0.2, 0) is 13.5 Å². The van der Waals surface area contributed by atoms with Crippen LogP contribution < -0.4 is 5.32 Å². The molecule has 0 saturated carbocycles. The molecule has 1 amide bonds. The first-order valence-electron chi connectivity index (χ1n) is 6.26. The molecule has 0 spiro atoms. The maximum Gasteiger partial charge on any atom is 0.253 e. The van der Waals surface area contributed by atoms with Crippen LogP contribution in [-0.4, -0.2) is 21.8 Å². The number of carbonyl (C=O) groups excluding carboxylic acids is 2. The fourth-order valence-electron chi connectivity index (χ4n) is 2.74. The second kappa shape index (κ2) is 3.97. The summed E-state index contributed by atoms with van der Waals surface area (Å²) in [5, 5.41) is 3.03. The standard InChI is InChI=1S/C14H20N2O2/c1-8-11-10(12(9(2)17)16(8)5)6-7-14(3,4)15-13(11)18/h6-7H2,1-5H3,(H,15,18). The minimum Gasteiger partial charge on any atom is -0.347 e. The van der Waals surface area contributed by atoms with E-state index in [0.29, 0.717) is 11.3 Å². The number of hydrogen-bond acceptors (Lipinski definition) is 2. The zero-order valence-electron chi connectivity index (χ0n) is 11.7. The molecule has 4 nitrogen and oxygen atoms in total. The van der Waals surface area contributed by atoms with Crippen molar-refractivity contribution in [1.82, 2.24) is 9.88 Å². The summed E-state index contributed by atoms with van der Waals surface area (Å²) in [5.74, 6) is -0.0394. The Morgan fingerprint density at radius 3 is 2.56 bits per heavy atom. The molecule has 0 aliphatic carbocycles.